The Morgan fingerprint density at radius 3 is 2.67 bits per heavy atom. The molecule has 3 unspecified atom stereocenters. The number of halogens is 1. The first kappa shape index (κ1) is 21.1. The van der Waals surface area contributed by atoms with E-state index in [0.717, 1.165) is 23.2 Å². The van der Waals surface area contributed by atoms with E-state index in [2.05, 4.69) is 22.2 Å². The zero-order chi connectivity index (χ0) is 23.2. The van der Waals surface area contributed by atoms with Crippen LogP contribution in [0.25, 0.3) is 0 Å². The summed E-state index contributed by atoms with van der Waals surface area (Å²) in [5, 5.41) is 14.7. The molecular formula is C24H20FN3O4S. The summed E-state index contributed by atoms with van der Waals surface area (Å²) in [5.74, 6) is -0.620. The summed E-state index contributed by atoms with van der Waals surface area (Å²) in [6.45, 7) is 0. The van der Waals surface area contributed by atoms with Crippen molar-refractivity contribution in [3.63, 3.8) is 0 Å². The minimum Gasteiger partial charge on any atom is -0.378 e. The van der Waals surface area contributed by atoms with Crippen LogP contribution in [0, 0.1) is 21.8 Å². The van der Waals surface area contributed by atoms with Crippen molar-refractivity contribution >= 4 is 27.1 Å². The summed E-state index contributed by atoms with van der Waals surface area (Å²) < 4.78 is 42.2. The molecule has 3 aromatic carbocycles. The third kappa shape index (κ3) is 3.84. The molecule has 1 aliphatic carbocycles. The third-order valence-electron chi connectivity index (χ3n) is 6.20. The predicted molar refractivity (Wildman–Crippen MR) is 123 cm³/mol. The van der Waals surface area contributed by atoms with Gasteiger partial charge < -0.3 is 5.32 Å². The number of allylic oxidation sites excluding steroid dienone is 2. The van der Waals surface area contributed by atoms with Crippen molar-refractivity contribution in [1.29, 1.82) is 0 Å². The third-order valence-corrected chi connectivity index (χ3v) is 7.57. The van der Waals surface area contributed by atoms with Gasteiger partial charge in [0.15, 0.2) is 0 Å². The van der Waals surface area contributed by atoms with Crippen LogP contribution >= 0.6 is 0 Å². The molecule has 0 saturated carbocycles. The summed E-state index contributed by atoms with van der Waals surface area (Å²) in [6.07, 6.45) is 4.86. The maximum absolute atomic E-state index is 14.0. The van der Waals surface area contributed by atoms with Gasteiger partial charge in [-0.05, 0) is 53.8 Å². The van der Waals surface area contributed by atoms with Gasteiger partial charge in [0.25, 0.3) is 15.7 Å². The van der Waals surface area contributed by atoms with E-state index in [1.807, 2.05) is 6.07 Å². The molecule has 0 fully saturated rings. The second kappa shape index (κ2) is 8.00. The zero-order valence-electron chi connectivity index (χ0n) is 17.3. The Kier molecular flexibility index (Phi) is 5.13. The molecule has 0 spiro atoms. The van der Waals surface area contributed by atoms with Gasteiger partial charge in [0.05, 0.1) is 21.5 Å². The fourth-order valence-corrected chi connectivity index (χ4v) is 5.75. The fourth-order valence-electron chi connectivity index (χ4n) is 4.65. The molecule has 1 aliphatic heterocycles. The Morgan fingerprint density at radius 1 is 1.06 bits per heavy atom. The Labute approximate surface area is 190 Å². The minimum atomic E-state index is -4.00. The molecule has 2 aliphatic rings. The van der Waals surface area contributed by atoms with Gasteiger partial charge in [-0.25, -0.2) is 12.8 Å². The lowest BCUT2D eigenvalue weighted by atomic mass is 9.77. The van der Waals surface area contributed by atoms with Gasteiger partial charge in [-0.15, -0.1) is 0 Å². The predicted octanol–water partition coefficient (Wildman–Crippen LogP) is 5.36. The van der Waals surface area contributed by atoms with Crippen LogP contribution in [0.2, 0.25) is 0 Å². The highest BCUT2D eigenvalue weighted by molar-refractivity contribution is 7.92. The molecule has 5 rings (SSSR count). The van der Waals surface area contributed by atoms with Gasteiger partial charge in [0.1, 0.15) is 5.82 Å². The molecule has 3 atom stereocenters. The van der Waals surface area contributed by atoms with Gasteiger partial charge in [-0.1, -0.05) is 36.4 Å². The van der Waals surface area contributed by atoms with Crippen molar-refractivity contribution in [3.05, 3.63) is 106 Å². The molecule has 9 heteroatoms. The molecule has 33 heavy (non-hydrogen) atoms. The highest BCUT2D eigenvalue weighted by Crippen LogP contribution is 2.50. The Hall–Kier alpha value is -3.72. The largest absolute Gasteiger partial charge is 0.378 e. The molecule has 0 aromatic heterocycles. The van der Waals surface area contributed by atoms with E-state index < -0.39 is 20.8 Å². The first-order chi connectivity index (χ1) is 15.8. The summed E-state index contributed by atoms with van der Waals surface area (Å²) in [7, 11) is -4.00. The minimum absolute atomic E-state index is 0.0308. The number of sulfonamides is 1. The van der Waals surface area contributed by atoms with Gasteiger partial charge in [-0.3, -0.25) is 14.8 Å². The second-order valence-electron chi connectivity index (χ2n) is 8.16. The van der Waals surface area contributed by atoms with Crippen LogP contribution < -0.4 is 10.0 Å². The molecular weight excluding hydrogens is 445 g/mol. The number of non-ortho nitro benzene ring substituents is 1. The topological polar surface area (TPSA) is 101 Å². The first-order valence-electron chi connectivity index (χ1n) is 10.4. The van der Waals surface area contributed by atoms with Crippen molar-refractivity contribution in [2.45, 2.75) is 23.3 Å². The molecule has 0 amide bonds. The quantitative estimate of drug-likeness (QED) is 0.300. The zero-order valence-corrected chi connectivity index (χ0v) is 18.1. The number of nitro benzene ring substituents is 1. The molecule has 0 bridgehead atoms. The number of para-hydroxylation sites is 1. The number of fused-ring (bicyclic) bond motifs is 3. The summed E-state index contributed by atoms with van der Waals surface area (Å²) in [5.41, 5.74) is 2.32. The molecule has 0 radical (unpaired) electrons. The van der Waals surface area contributed by atoms with Gasteiger partial charge in [-0.2, -0.15) is 0 Å². The molecule has 1 heterocycles. The molecule has 3 aromatic rings. The van der Waals surface area contributed by atoms with Crippen LogP contribution in [-0.2, 0) is 10.0 Å². The number of hydrogen-bond acceptors (Lipinski definition) is 5. The maximum Gasteiger partial charge on any atom is 0.269 e. The van der Waals surface area contributed by atoms with Crippen LogP contribution in [0.15, 0.2) is 83.8 Å². The smallest absolute Gasteiger partial charge is 0.269 e. The van der Waals surface area contributed by atoms with E-state index in [9.17, 15) is 22.9 Å². The monoisotopic (exact) mass is 465 g/mol. The standard InChI is InChI=1S/C24H20FN3O4S/c25-21-9-1-2-10-23(21)27-33(31,32)17-11-12-22-20(14-17)18-7-4-8-19(18)24(26-22)15-5-3-6-16(13-15)28(29)30/h1-7,9-14,18-19,24,26-27H,8H2. The van der Waals surface area contributed by atoms with Crippen LogP contribution in [0.5, 0.6) is 0 Å². The van der Waals surface area contributed by atoms with E-state index in [1.54, 1.807) is 30.3 Å². The number of anilines is 2. The van der Waals surface area contributed by atoms with E-state index in [1.165, 1.54) is 30.3 Å². The average Bonchev–Trinajstić information content (AvgIpc) is 3.30. The van der Waals surface area contributed by atoms with E-state index >= 15 is 0 Å². The Morgan fingerprint density at radius 2 is 1.88 bits per heavy atom. The van der Waals surface area contributed by atoms with Crippen LogP contribution in [-0.4, -0.2) is 13.3 Å². The highest BCUT2D eigenvalue weighted by atomic mass is 32.2. The van der Waals surface area contributed by atoms with Crippen LogP contribution in [0.4, 0.5) is 21.5 Å². The lowest BCUT2D eigenvalue weighted by molar-refractivity contribution is -0.384. The van der Waals surface area contributed by atoms with Crippen molar-refractivity contribution in [3.8, 4) is 0 Å². The Balaban J connectivity index is 1.50. The van der Waals surface area contributed by atoms with Gasteiger partial charge in [0.2, 0.25) is 0 Å². The van der Waals surface area contributed by atoms with Crippen molar-refractivity contribution in [2.24, 2.45) is 5.92 Å². The number of rotatable bonds is 5. The number of nitrogens with zero attached hydrogens (tertiary/aromatic N) is 1. The lowest BCUT2D eigenvalue weighted by Gasteiger charge is -2.37. The first-order valence-corrected chi connectivity index (χ1v) is 11.9. The van der Waals surface area contributed by atoms with Crippen molar-refractivity contribution in [2.75, 3.05) is 10.0 Å². The van der Waals surface area contributed by atoms with Crippen molar-refractivity contribution < 1.29 is 17.7 Å². The summed E-state index contributed by atoms with van der Waals surface area (Å²) >= 11 is 0. The van der Waals surface area contributed by atoms with E-state index in [-0.39, 0.29) is 34.1 Å². The van der Waals surface area contributed by atoms with Crippen LogP contribution in [0.1, 0.15) is 29.5 Å². The number of nitro groups is 1. The number of hydrogen-bond donors (Lipinski definition) is 2. The summed E-state index contributed by atoms with van der Waals surface area (Å²) in [4.78, 5) is 10.9. The highest BCUT2D eigenvalue weighted by Gasteiger charge is 2.38. The number of nitrogens with one attached hydrogen (secondary N) is 2. The summed E-state index contributed by atoms with van der Waals surface area (Å²) in [6, 6.07) is 16.8. The van der Waals surface area contributed by atoms with Gasteiger partial charge >= 0.3 is 0 Å². The SMILES string of the molecule is O=[N+]([O-])c1cccc(C2Nc3ccc(S(=O)(=O)Nc4ccccc4F)cc3C3C=CCC32)c1. The molecule has 2 N–H and O–H groups in total. The number of benzene rings is 3. The molecule has 0 saturated heterocycles. The van der Waals surface area contributed by atoms with E-state index in [0.29, 0.717) is 0 Å². The molecule has 168 valence electrons. The maximum atomic E-state index is 14.0. The second-order valence-corrected chi connectivity index (χ2v) is 9.84. The van der Waals surface area contributed by atoms with Crippen molar-refractivity contribution in [1.82, 2.24) is 0 Å². The van der Waals surface area contributed by atoms with Crippen LogP contribution in [0.3, 0.4) is 0 Å². The van der Waals surface area contributed by atoms with E-state index in [4.69, 9.17) is 0 Å². The lowest BCUT2D eigenvalue weighted by Crippen LogP contribution is -2.29. The molecule has 7 nitrogen and oxygen atoms in total. The van der Waals surface area contributed by atoms with Gasteiger partial charge in [0, 0.05) is 23.7 Å². The normalized spacial score (nSPS) is 21.1. The Bertz CT molecular complexity index is 1390. The fraction of sp³-hybridized carbons (Fsp3) is 0.167. The average molecular weight is 466 g/mol.